The van der Waals surface area contributed by atoms with Crippen molar-refractivity contribution < 1.29 is 4.39 Å². The summed E-state index contributed by atoms with van der Waals surface area (Å²) in [4.78, 5) is 7.70. The van der Waals surface area contributed by atoms with E-state index in [2.05, 4.69) is 9.97 Å². The van der Waals surface area contributed by atoms with Gasteiger partial charge in [0.1, 0.15) is 18.1 Å². The quantitative estimate of drug-likeness (QED) is 0.769. The van der Waals surface area contributed by atoms with Gasteiger partial charge in [-0.3, -0.25) is 4.57 Å². The van der Waals surface area contributed by atoms with Gasteiger partial charge in [0.2, 0.25) is 0 Å². The molecule has 0 aliphatic carbocycles. The van der Waals surface area contributed by atoms with Gasteiger partial charge in [-0.05, 0) is 18.6 Å². The molecule has 0 aliphatic rings. The van der Waals surface area contributed by atoms with E-state index >= 15 is 0 Å². The molecule has 0 N–H and O–H groups in total. The molecule has 0 amide bonds. The highest BCUT2D eigenvalue weighted by Gasteiger charge is 2.13. The maximum atomic E-state index is 13.9. The van der Waals surface area contributed by atoms with Crippen LogP contribution in [-0.2, 0) is 6.42 Å². The fourth-order valence-electron chi connectivity index (χ4n) is 1.47. The number of nitriles is 1. The van der Waals surface area contributed by atoms with E-state index in [9.17, 15) is 4.39 Å². The molecule has 2 aromatic heterocycles. The SMILES string of the molecule is CCc1ncnc(-n2cccc2C#N)c1F. The smallest absolute Gasteiger partial charge is 0.187 e. The Bertz CT molecular complexity index is 553. The number of nitrogens with zero attached hydrogens (tertiary/aromatic N) is 4. The molecule has 5 heteroatoms. The molecule has 16 heavy (non-hydrogen) atoms. The van der Waals surface area contributed by atoms with Crippen LogP contribution in [0.3, 0.4) is 0 Å². The average Bonchev–Trinajstić information content (AvgIpc) is 2.77. The Kier molecular flexibility index (Phi) is 2.64. The normalized spacial score (nSPS) is 10.1. The standard InChI is InChI=1S/C11H9FN4/c1-2-9-10(12)11(15-7-14-9)16-5-3-4-8(16)6-13/h3-5,7H,2H2,1H3. The molecule has 0 saturated carbocycles. The lowest BCUT2D eigenvalue weighted by Gasteiger charge is -2.06. The number of hydrogen-bond donors (Lipinski definition) is 0. The highest BCUT2D eigenvalue weighted by Crippen LogP contribution is 2.15. The maximum Gasteiger partial charge on any atom is 0.187 e. The molecule has 0 atom stereocenters. The van der Waals surface area contributed by atoms with Gasteiger partial charge in [0.05, 0.1) is 5.69 Å². The van der Waals surface area contributed by atoms with Crippen LogP contribution >= 0.6 is 0 Å². The Hall–Kier alpha value is -2.22. The third kappa shape index (κ3) is 1.54. The summed E-state index contributed by atoms with van der Waals surface area (Å²) < 4.78 is 15.3. The van der Waals surface area contributed by atoms with Crippen molar-refractivity contribution >= 4 is 0 Å². The molecular formula is C11H9FN4. The molecule has 0 fully saturated rings. The lowest BCUT2D eigenvalue weighted by Crippen LogP contribution is -2.06. The minimum Gasteiger partial charge on any atom is -0.290 e. The van der Waals surface area contributed by atoms with Crippen LogP contribution in [0.1, 0.15) is 18.3 Å². The van der Waals surface area contributed by atoms with Crippen molar-refractivity contribution in [3.05, 3.63) is 41.9 Å². The van der Waals surface area contributed by atoms with Crippen molar-refractivity contribution in [3.8, 4) is 11.9 Å². The minimum atomic E-state index is -0.474. The van der Waals surface area contributed by atoms with Crippen LogP contribution < -0.4 is 0 Å². The number of halogens is 1. The average molecular weight is 216 g/mol. The first kappa shape index (κ1) is 10.3. The van der Waals surface area contributed by atoms with Crippen LogP contribution in [0.25, 0.3) is 5.82 Å². The second-order valence-electron chi connectivity index (χ2n) is 3.19. The lowest BCUT2D eigenvalue weighted by atomic mass is 10.3. The van der Waals surface area contributed by atoms with Crippen molar-refractivity contribution in [3.63, 3.8) is 0 Å². The second kappa shape index (κ2) is 4.11. The summed E-state index contributed by atoms with van der Waals surface area (Å²) in [5.74, 6) is -0.355. The largest absolute Gasteiger partial charge is 0.290 e. The number of aromatic nitrogens is 3. The number of hydrogen-bond acceptors (Lipinski definition) is 3. The molecule has 0 spiro atoms. The summed E-state index contributed by atoms with van der Waals surface area (Å²) >= 11 is 0. The van der Waals surface area contributed by atoms with E-state index in [1.165, 1.54) is 10.9 Å². The molecule has 0 unspecified atom stereocenters. The zero-order valence-corrected chi connectivity index (χ0v) is 8.68. The van der Waals surface area contributed by atoms with Crippen LogP contribution in [0, 0.1) is 17.1 Å². The Labute approximate surface area is 92.0 Å². The Morgan fingerprint density at radius 1 is 1.50 bits per heavy atom. The minimum absolute atomic E-state index is 0.119. The predicted octanol–water partition coefficient (Wildman–Crippen LogP) is 1.84. The predicted molar refractivity (Wildman–Crippen MR) is 55.4 cm³/mol. The van der Waals surface area contributed by atoms with E-state index in [0.717, 1.165) is 0 Å². The maximum absolute atomic E-state index is 13.9. The molecule has 2 rings (SSSR count). The van der Waals surface area contributed by atoms with Gasteiger partial charge < -0.3 is 0 Å². The van der Waals surface area contributed by atoms with Gasteiger partial charge in [-0.2, -0.15) is 5.26 Å². The molecule has 4 nitrogen and oxygen atoms in total. The first-order chi connectivity index (χ1) is 7.77. The molecule has 0 bridgehead atoms. The van der Waals surface area contributed by atoms with Gasteiger partial charge in [0, 0.05) is 6.20 Å². The van der Waals surface area contributed by atoms with Crippen LogP contribution in [0.4, 0.5) is 4.39 Å². The highest BCUT2D eigenvalue weighted by molar-refractivity contribution is 5.35. The number of rotatable bonds is 2. The Morgan fingerprint density at radius 3 is 3.00 bits per heavy atom. The van der Waals surface area contributed by atoms with E-state index in [0.29, 0.717) is 17.8 Å². The third-order valence-corrected chi connectivity index (χ3v) is 2.27. The summed E-state index contributed by atoms with van der Waals surface area (Å²) in [6.45, 7) is 1.82. The highest BCUT2D eigenvalue weighted by atomic mass is 19.1. The van der Waals surface area contributed by atoms with Crippen molar-refractivity contribution in [1.29, 1.82) is 5.26 Å². The Morgan fingerprint density at radius 2 is 2.31 bits per heavy atom. The zero-order valence-electron chi connectivity index (χ0n) is 8.68. The van der Waals surface area contributed by atoms with E-state index in [-0.39, 0.29) is 5.82 Å². The summed E-state index contributed by atoms with van der Waals surface area (Å²) in [7, 11) is 0. The van der Waals surface area contributed by atoms with Gasteiger partial charge >= 0.3 is 0 Å². The van der Waals surface area contributed by atoms with Crippen molar-refractivity contribution in [2.24, 2.45) is 0 Å². The van der Waals surface area contributed by atoms with Crippen LogP contribution in [0.5, 0.6) is 0 Å². The molecule has 0 aliphatic heterocycles. The molecular weight excluding hydrogens is 207 g/mol. The fourth-order valence-corrected chi connectivity index (χ4v) is 1.47. The monoisotopic (exact) mass is 216 g/mol. The second-order valence-corrected chi connectivity index (χ2v) is 3.19. The summed E-state index contributed by atoms with van der Waals surface area (Å²) in [6, 6.07) is 5.25. The molecule has 2 aromatic rings. The molecule has 0 radical (unpaired) electrons. The van der Waals surface area contributed by atoms with Crippen molar-refractivity contribution in [2.45, 2.75) is 13.3 Å². The lowest BCUT2D eigenvalue weighted by molar-refractivity contribution is 0.582. The van der Waals surface area contributed by atoms with Gasteiger partial charge in [-0.25, -0.2) is 14.4 Å². The van der Waals surface area contributed by atoms with Crippen LogP contribution in [0.15, 0.2) is 24.7 Å². The summed E-state index contributed by atoms with van der Waals surface area (Å²) in [5.41, 5.74) is 0.697. The van der Waals surface area contributed by atoms with Gasteiger partial charge in [0.15, 0.2) is 11.6 Å². The fraction of sp³-hybridized carbons (Fsp3) is 0.182. The zero-order chi connectivity index (χ0) is 11.5. The first-order valence-corrected chi connectivity index (χ1v) is 4.85. The van der Waals surface area contributed by atoms with Gasteiger partial charge in [-0.1, -0.05) is 6.92 Å². The molecule has 2 heterocycles. The van der Waals surface area contributed by atoms with Crippen molar-refractivity contribution in [1.82, 2.24) is 14.5 Å². The first-order valence-electron chi connectivity index (χ1n) is 4.85. The molecule has 0 aromatic carbocycles. The van der Waals surface area contributed by atoms with E-state index < -0.39 is 5.82 Å². The van der Waals surface area contributed by atoms with Crippen LogP contribution in [0.2, 0.25) is 0 Å². The van der Waals surface area contributed by atoms with Crippen LogP contribution in [-0.4, -0.2) is 14.5 Å². The summed E-state index contributed by atoms with van der Waals surface area (Å²) in [5, 5.41) is 8.85. The number of aryl methyl sites for hydroxylation is 1. The topological polar surface area (TPSA) is 54.5 Å². The van der Waals surface area contributed by atoms with Gasteiger partial charge in [-0.15, -0.1) is 0 Å². The third-order valence-electron chi connectivity index (χ3n) is 2.27. The van der Waals surface area contributed by atoms with Gasteiger partial charge in [0.25, 0.3) is 0 Å². The molecule has 80 valence electrons. The van der Waals surface area contributed by atoms with E-state index in [1.54, 1.807) is 18.3 Å². The summed E-state index contributed by atoms with van der Waals surface area (Å²) in [6.07, 6.45) is 3.40. The Balaban J connectivity index is 2.62. The molecule has 0 saturated heterocycles. The van der Waals surface area contributed by atoms with E-state index in [1.807, 2.05) is 13.0 Å². The van der Waals surface area contributed by atoms with Crippen molar-refractivity contribution in [2.75, 3.05) is 0 Å². The van der Waals surface area contributed by atoms with E-state index in [4.69, 9.17) is 5.26 Å².